The maximum absolute atomic E-state index is 11.3. The van der Waals surface area contributed by atoms with E-state index < -0.39 is 5.97 Å². The van der Waals surface area contributed by atoms with Gasteiger partial charge in [0.05, 0.1) is 38.6 Å². The number of para-hydroxylation sites is 1. The van der Waals surface area contributed by atoms with Gasteiger partial charge in [-0.1, -0.05) is 18.2 Å². The first-order chi connectivity index (χ1) is 13.1. The Balaban J connectivity index is 2.04. The normalized spacial score (nSPS) is 10.5. The van der Waals surface area contributed by atoms with Crippen LogP contribution in [0.3, 0.4) is 0 Å². The number of nitrogens with one attached hydrogen (secondary N) is 1. The summed E-state index contributed by atoms with van der Waals surface area (Å²) in [7, 11) is 4.46. The van der Waals surface area contributed by atoms with Crippen LogP contribution in [0.4, 0.5) is 0 Å². The second kappa shape index (κ2) is 10.4. The Morgan fingerprint density at radius 1 is 1.15 bits per heavy atom. The predicted octanol–water partition coefficient (Wildman–Crippen LogP) is 3.14. The van der Waals surface area contributed by atoms with E-state index >= 15 is 0 Å². The molecule has 0 saturated heterocycles. The lowest BCUT2D eigenvalue weighted by Gasteiger charge is -2.12. The third kappa shape index (κ3) is 5.89. The van der Waals surface area contributed by atoms with Crippen molar-refractivity contribution in [3.8, 4) is 17.2 Å². The summed E-state index contributed by atoms with van der Waals surface area (Å²) in [6.07, 6.45) is 1.66. The molecule has 0 amide bonds. The van der Waals surface area contributed by atoms with Crippen LogP contribution in [0.1, 0.15) is 11.1 Å². The van der Waals surface area contributed by atoms with Gasteiger partial charge in [-0.3, -0.25) is 0 Å². The minimum atomic E-state index is -0.477. The summed E-state index contributed by atoms with van der Waals surface area (Å²) in [6, 6.07) is 11.3. The van der Waals surface area contributed by atoms with Crippen molar-refractivity contribution in [3.63, 3.8) is 0 Å². The molecule has 144 valence electrons. The molecular formula is C19H21BrN2O5. The Morgan fingerprint density at radius 3 is 2.59 bits per heavy atom. The number of halogens is 1. The second-order valence-electron chi connectivity index (χ2n) is 5.30. The highest BCUT2D eigenvalue weighted by atomic mass is 79.9. The Kier molecular flexibility index (Phi) is 7.94. The zero-order valence-corrected chi connectivity index (χ0v) is 16.9. The number of nitrogens with zero attached hydrogens (tertiary/aromatic N) is 1. The van der Waals surface area contributed by atoms with Crippen molar-refractivity contribution in [2.24, 2.45) is 5.10 Å². The molecule has 0 radical (unpaired) electrons. The lowest BCUT2D eigenvalue weighted by Crippen LogP contribution is -2.13. The van der Waals surface area contributed by atoms with Gasteiger partial charge in [-0.05, 0) is 39.7 Å². The van der Waals surface area contributed by atoms with Crippen molar-refractivity contribution in [2.75, 3.05) is 27.9 Å². The lowest BCUT2D eigenvalue weighted by molar-refractivity contribution is -0.142. The van der Waals surface area contributed by atoms with Crippen LogP contribution in [-0.4, -0.2) is 40.1 Å². The molecule has 0 aromatic heterocycles. The van der Waals surface area contributed by atoms with Gasteiger partial charge in [0.15, 0.2) is 18.1 Å². The Bertz CT molecular complexity index is 811. The average Bonchev–Trinajstić information content (AvgIpc) is 2.69. The minimum Gasteiger partial charge on any atom is -0.496 e. The number of hydrogen-bond acceptors (Lipinski definition) is 7. The highest BCUT2D eigenvalue weighted by molar-refractivity contribution is 9.10. The Labute approximate surface area is 166 Å². The summed E-state index contributed by atoms with van der Waals surface area (Å²) in [4.78, 5) is 11.3. The molecule has 0 unspecified atom stereocenters. The number of ether oxygens (including phenoxy) is 4. The first-order valence-electron chi connectivity index (χ1n) is 8.04. The molecule has 2 rings (SSSR count). The molecule has 7 nitrogen and oxygen atoms in total. The van der Waals surface area contributed by atoms with E-state index in [-0.39, 0.29) is 6.61 Å². The van der Waals surface area contributed by atoms with Gasteiger partial charge in [-0.2, -0.15) is 5.10 Å². The number of rotatable bonds is 9. The Hall–Kier alpha value is -2.74. The zero-order chi connectivity index (χ0) is 19.6. The summed E-state index contributed by atoms with van der Waals surface area (Å²) in [5.41, 5.74) is 4.78. The number of carbonyl (C=O) groups excluding carboxylic acids is 1. The molecule has 0 heterocycles. The molecule has 0 aliphatic heterocycles. The summed E-state index contributed by atoms with van der Waals surface area (Å²) < 4.78 is 21.3. The number of methoxy groups -OCH3 is 3. The predicted molar refractivity (Wildman–Crippen MR) is 106 cm³/mol. The molecule has 0 saturated carbocycles. The van der Waals surface area contributed by atoms with Crippen LogP contribution < -0.4 is 19.6 Å². The van der Waals surface area contributed by atoms with Gasteiger partial charge in [0, 0.05) is 5.56 Å². The standard InChI is InChI=1S/C19H21BrN2O5/c1-24-16-7-5-4-6-14(16)11-22-21-10-13-8-15(20)19(17(9-13)25-2)27-12-18(23)26-3/h4-10,22H,11-12H2,1-3H3/b21-10+. The first-order valence-corrected chi connectivity index (χ1v) is 8.83. The van der Waals surface area contributed by atoms with Gasteiger partial charge in [0.1, 0.15) is 5.75 Å². The first kappa shape index (κ1) is 20.6. The van der Waals surface area contributed by atoms with Crippen molar-refractivity contribution in [1.82, 2.24) is 5.43 Å². The van der Waals surface area contributed by atoms with Crippen LogP contribution in [0.15, 0.2) is 46.0 Å². The largest absolute Gasteiger partial charge is 0.496 e. The van der Waals surface area contributed by atoms with Crippen LogP contribution in [0.2, 0.25) is 0 Å². The molecule has 0 bridgehead atoms. The fraction of sp³-hybridized carbons (Fsp3) is 0.263. The molecule has 27 heavy (non-hydrogen) atoms. The summed E-state index contributed by atoms with van der Waals surface area (Å²) in [5, 5.41) is 4.22. The van der Waals surface area contributed by atoms with Gasteiger partial charge in [0.25, 0.3) is 0 Å². The van der Waals surface area contributed by atoms with Crippen LogP contribution in [-0.2, 0) is 16.1 Å². The number of esters is 1. The fourth-order valence-corrected chi connectivity index (χ4v) is 2.82. The zero-order valence-electron chi connectivity index (χ0n) is 15.3. The van der Waals surface area contributed by atoms with Crippen molar-refractivity contribution >= 4 is 28.1 Å². The van der Waals surface area contributed by atoms with Gasteiger partial charge in [-0.25, -0.2) is 4.79 Å². The summed E-state index contributed by atoms with van der Waals surface area (Å²) in [6.45, 7) is 0.318. The summed E-state index contributed by atoms with van der Waals surface area (Å²) in [5.74, 6) is 1.22. The fourth-order valence-electron chi connectivity index (χ4n) is 2.24. The lowest BCUT2D eigenvalue weighted by atomic mass is 10.2. The minimum absolute atomic E-state index is 0.209. The molecule has 2 aromatic carbocycles. The topological polar surface area (TPSA) is 78.4 Å². The number of carbonyl (C=O) groups is 1. The van der Waals surface area contributed by atoms with E-state index in [1.807, 2.05) is 30.3 Å². The van der Waals surface area contributed by atoms with Crippen molar-refractivity contribution in [2.45, 2.75) is 6.54 Å². The Morgan fingerprint density at radius 2 is 1.89 bits per heavy atom. The van der Waals surface area contributed by atoms with Crippen LogP contribution in [0.25, 0.3) is 0 Å². The molecule has 2 aromatic rings. The van der Waals surface area contributed by atoms with Gasteiger partial charge in [-0.15, -0.1) is 0 Å². The molecule has 1 N–H and O–H groups in total. The maximum atomic E-state index is 11.3. The van der Waals surface area contributed by atoms with E-state index in [0.717, 1.165) is 16.9 Å². The molecule has 0 spiro atoms. The third-order valence-corrected chi connectivity index (χ3v) is 4.17. The van der Waals surface area contributed by atoms with Crippen LogP contribution >= 0.6 is 15.9 Å². The van der Waals surface area contributed by atoms with E-state index in [2.05, 4.69) is 31.2 Å². The van der Waals surface area contributed by atoms with Crippen LogP contribution in [0, 0.1) is 0 Å². The van der Waals surface area contributed by atoms with E-state index in [4.69, 9.17) is 14.2 Å². The van der Waals surface area contributed by atoms with Crippen LogP contribution in [0.5, 0.6) is 17.2 Å². The van der Waals surface area contributed by atoms with Crippen molar-refractivity contribution in [3.05, 3.63) is 52.0 Å². The van der Waals surface area contributed by atoms with E-state index in [0.29, 0.717) is 22.5 Å². The highest BCUT2D eigenvalue weighted by Crippen LogP contribution is 2.36. The molecule has 8 heteroatoms. The molecule has 0 atom stereocenters. The molecule has 0 aliphatic rings. The monoisotopic (exact) mass is 436 g/mol. The van der Waals surface area contributed by atoms with Gasteiger partial charge in [0.2, 0.25) is 0 Å². The number of hydrogen-bond donors (Lipinski definition) is 1. The average molecular weight is 437 g/mol. The maximum Gasteiger partial charge on any atom is 0.343 e. The smallest absolute Gasteiger partial charge is 0.343 e. The SMILES string of the molecule is COC(=O)COc1c(Br)cc(/C=N/NCc2ccccc2OC)cc1OC. The highest BCUT2D eigenvalue weighted by Gasteiger charge is 2.13. The van der Waals surface area contributed by atoms with Gasteiger partial charge < -0.3 is 24.4 Å². The quantitative estimate of drug-likeness (QED) is 0.369. The van der Waals surface area contributed by atoms with Crippen molar-refractivity contribution in [1.29, 1.82) is 0 Å². The van der Waals surface area contributed by atoms with E-state index in [1.54, 1.807) is 19.4 Å². The van der Waals surface area contributed by atoms with E-state index in [9.17, 15) is 4.79 Å². The second-order valence-corrected chi connectivity index (χ2v) is 6.16. The van der Waals surface area contributed by atoms with E-state index in [1.165, 1.54) is 14.2 Å². The molecular weight excluding hydrogens is 416 g/mol. The van der Waals surface area contributed by atoms with Crippen molar-refractivity contribution < 1.29 is 23.7 Å². The number of hydrazone groups is 1. The molecule has 0 aliphatic carbocycles. The number of benzene rings is 2. The summed E-state index contributed by atoms with van der Waals surface area (Å²) >= 11 is 3.42. The third-order valence-electron chi connectivity index (χ3n) is 3.58. The molecule has 0 fully saturated rings. The van der Waals surface area contributed by atoms with Gasteiger partial charge >= 0.3 is 5.97 Å².